The van der Waals surface area contributed by atoms with E-state index in [1.165, 1.54) is 18.2 Å². The molecule has 0 spiro atoms. The van der Waals surface area contributed by atoms with Gasteiger partial charge < -0.3 is 5.32 Å². The van der Waals surface area contributed by atoms with E-state index < -0.39 is 4.92 Å². The first-order chi connectivity index (χ1) is 11.5. The third-order valence-electron chi connectivity index (χ3n) is 3.12. The zero-order valence-electron chi connectivity index (χ0n) is 12.5. The van der Waals surface area contributed by atoms with Crippen LogP contribution in [0, 0.1) is 10.1 Å². The summed E-state index contributed by atoms with van der Waals surface area (Å²) < 4.78 is 0. The second kappa shape index (κ2) is 8.92. The molecule has 0 aliphatic rings. The molecule has 1 N–H and O–H groups in total. The Balaban J connectivity index is 1.77. The van der Waals surface area contributed by atoms with Crippen molar-refractivity contribution in [3.63, 3.8) is 0 Å². The Bertz CT molecular complexity index is 739. The maximum Gasteiger partial charge on any atom is 0.270 e. The van der Waals surface area contributed by atoms with Crippen LogP contribution in [-0.4, -0.2) is 23.1 Å². The molecule has 0 aromatic heterocycles. The predicted molar refractivity (Wildman–Crippen MR) is 98.1 cm³/mol. The van der Waals surface area contributed by atoms with Crippen LogP contribution >= 0.6 is 35.0 Å². The van der Waals surface area contributed by atoms with Gasteiger partial charge in [0.1, 0.15) is 0 Å². The van der Waals surface area contributed by atoms with Crippen LogP contribution in [0.2, 0.25) is 10.0 Å². The van der Waals surface area contributed by atoms with Gasteiger partial charge in [-0.15, -0.1) is 0 Å². The molecule has 0 atom stereocenters. The van der Waals surface area contributed by atoms with E-state index in [0.717, 1.165) is 17.1 Å². The van der Waals surface area contributed by atoms with Crippen molar-refractivity contribution in [2.24, 2.45) is 0 Å². The van der Waals surface area contributed by atoms with Crippen LogP contribution in [0.15, 0.2) is 42.5 Å². The normalized spacial score (nSPS) is 10.4. The monoisotopic (exact) mass is 384 g/mol. The van der Waals surface area contributed by atoms with Crippen molar-refractivity contribution in [2.45, 2.75) is 5.75 Å². The van der Waals surface area contributed by atoms with Gasteiger partial charge in [-0.25, -0.2) is 0 Å². The second-order valence-corrected chi connectivity index (χ2v) is 6.81. The SMILES string of the molecule is O=C(NCCSCc1ccc(Cl)cc1)c1ccc([N+](=O)[O-])cc1Cl. The first kappa shape index (κ1) is 18.6. The summed E-state index contributed by atoms with van der Waals surface area (Å²) in [4.78, 5) is 22.1. The Labute approximate surface area is 153 Å². The van der Waals surface area contributed by atoms with Crippen molar-refractivity contribution in [3.8, 4) is 0 Å². The molecule has 0 fully saturated rings. The van der Waals surface area contributed by atoms with Crippen LogP contribution < -0.4 is 5.32 Å². The van der Waals surface area contributed by atoms with Crippen LogP contribution in [-0.2, 0) is 5.75 Å². The zero-order chi connectivity index (χ0) is 17.5. The van der Waals surface area contributed by atoms with E-state index in [1.54, 1.807) is 11.8 Å². The minimum absolute atomic E-state index is 0.0653. The van der Waals surface area contributed by atoms with E-state index in [1.807, 2.05) is 24.3 Å². The molecule has 1 amide bonds. The molecular formula is C16H14Cl2N2O3S. The number of benzene rings is 2. The molecular weight excluding hydrogens is 371 g/mol. The van der Waals surface area contributed by atoms with E-state index in [2.05, 4.69) is 5.32 Å². The Kier molecular flexibility index (Phi) is 6.90. The van der Waals surface area contributed by atoms with E-state index in [0.29, 0.717) is 11.6 Å². The number of nitrogens with one attached hydrogen (secondary N) is 1. The van der Waals surface area contributed by atoms with Gasteiger partial charge in [-0.05, 0) is 23.8 Å². The van der Waals surface area contributed by atoms with Gasteiger partial charge in [0, 0.05) is 35.2 Å². The Hall–Kier alpha value is -1.76. The van der Waals surface area contributed by atoms with Crippen molar-refractivity contribution in [1.82, 2.24) is 5.32 Å². The Morgan fingerprint density at radius 1 is 1.17 bits per heavy atom. The van der Waals surface area contributed by atoms with Gasteiger partial charge in [0.25, 0.3) is 11.6 Å². The minimum atomic E-state index is -0.555. The number of non-ortho nitro benzene ring substituents is 1. The number of nitro groups is 1. The summed E-state index contributed by atoms with van der Waals surface area (Å²) in [6.07, 6.45) is 0. The highest BCUT2D eigenvalue weighted by atomic mass is 35.5. The number of hydrogen-bond donors (Lipinski definition) is 1. The van der Waals surface area contributed by atoms with Crippen molar-refractivity contribution < 1.29 is 9.72 Å². The summed E-state index contributed by atoms with van der Waals surface area (Å²) in [5, 5.41) is 14.2. The molecule has 8 heteroatoms. The molecule has 0 saturated carbocycles. The van der Waals surface area contributed by atoms with Crippen molar-refractivity contribution in [1.29, 1.82) is 0 Å². The first-order valence-electron chi connectivity index (χ1n) is 7.01. The molecule has 126 valence electrons. The molecule has 5 nitrogen and oxygen atoms in total. The lowest BCUT2D eigenvalue weighted by Crippen LogP contribution is -2.26. The van der Waals surface area contributed by atoms with Crippen molar-refractivity contribution in [3.05, 3.63) is 73.8 Å². The molecule has 0 heterocycles. The molecule has 24 heavy (non-hydrogen) atoms. The topological polar surface area (TPSA) is 72.2 Å². The number of carbonyl (C=O) groups is 1. The average Bonchev–Trinajstić information content (AvgIpc) is 2.55. The molecule has 0 radical (unpaired) electrons. The van der Waals surface area contributed by atoms with Crippen LogP contribution in [0.4, 0.5) is 5.69 Å². The highest BCUT2D eigenvalue weighted by Gasteiger charge is 2.14. The molecule has 0 bridgehead atoms. The number of halogens is 2. The lowest BCUT2D eigenvalue weighted by atomic mass is 10.2. The average molecular weight is 385 g/mol. The zero-order valence-corrected chi connectivity index (χ0v) is 14.8. The van der Waals surface area contributed by atoms with E-state index in [9.17, 15) is 14.9 Å². The standard InChI is InChI=1S/C16H14Cl2N2O3S/c17-12-3-1-11(2-4-12)10-24-8-7-19-16(21)14-6-5-13(20(22)23)9-15(14)18/h1-6,9H,7-8,10H2,(H,19,21). The largest absolute Gasteiger partial charge is 0.351 e. The smallest absolute Gasteiger partial charge is 0.270 e. The van der Waals surface area contributed by atoms with Gasteiger partial charge in [0.05, 0.1) is 15.5 Å². The summed E-state index contributed by atoms with van der Waals surface area (Å²) in [5.41, 5.74) is 1.24. The van der Waals surface area contributed by atoms with E-state index in [4.69, 9.17) is 23.2 Å². The minimum Gasteiger partial charge on any atom is -0.351 e. The highest BCUT2D eigenvalue weighted by molar-refractivity contribution is 7.98. The number of rotatable bonds is 7. The number of amides is 1. The molecule has 0 saturated heterocycles. The molecule has 2 aromatic rings. The molecule has 0 unspecified atom stereocenters. The number of nitro benzene ring substituents is 1. The van der Waals surface area contributed by atoms with Gasteiger partial charge in [-0.3, -0.25) is 14.9 Å². The van der Waals surface area contributed by atoms with Gasteiger partial charge in [0.2, 0.25) is 0 Å². The Morgan fingerprint density at radius 3 is 2.50 bits per heavy atom. The van der Waals surface area contributed by atoms with E-state index >= 15 is 0 Å². The lowest BCUT2D eigenvalue weighted by molar-refractivity contribution is -0.384. The van der Waals surface area contributed by atoms with Crippen LogP contribution in [0.25, 0.3) is 0 Å². The molecule has 2 aromatic carbocycles. The van der Waals surface area contributed by atoms with Gasteiger partial charge in [-0.1, -0.05) is 35.3 Å². The van der Waals surface area contributed by atoms with Crippen LogP contribution in [0.3, 0.4) is 0 Å². The fourth-order valence-corrected chi connectivity index (χ4v) is 3.11. The first-order valence-corrected chi connectivity index (χ1v) is 8.93. The number of carbonyl (C=O) groups excluding carboxylic acids is 1. The predicted octanol–water partition coefficient (Wildman–Crippen LogP) is 4.56. The third-order valence-corrected chi connectivity index (χ3v) is 4.72. The molecule has 0 aliphatic carbocycles. The quantitative estimate of drug-likeness (QED) is 0.431. The summed E-state index contributed by atoms with van der Waals surface area (Å²) in [5.74, 6) is 1.21. The summed E-state index contributed by atoms with van der Waals surface area (Å²) >= 11 is 13.4. The van der Waals surface area contributed by atoms with Crippen molar-refractivity contribution >= 4 is 46.6 Å². The Morgan fingerprint density at radius 2 is 1.88 bits per heavy atom. The van der Waals surface area contributed by atoms with Crippen molar-refractivity contribution in [2.75, 3.05) is 12.3 Å². The summed E-state index contributed by atoms with van der Waals surface area (Å²) in [6.45, 7) is 0.477. The number of hydrogen-bond acceptors (Lipinski definition) is 4. The van der Waals surface area contributed by atoms with Gasteiger partial charge in [-0.2, -0.15) is 11.8 Å². The fourth-order valence-electron chi connectivity index (χ4n) is 1.90. The van der Waals surface area contributed by atoms with Gasteiger partial charge in [0.15, 0.2) is 0 Å². The maximum absolute atomic E-state index is 12.0. The number of nitrogens with zero attached hydrogens (tertiary/aromatic N) is 1. The van der Waals surface area contributed by atoms with Crippen LogP contribution in [0.1, 0.15) is 15.9 Å². The lowest BCUT2D eigenvalue weighted by Gasteiger charge is -2.07. The van der Waals surface area contributed by atoms with Gasteiger partial charge >= 0.3 is 0 Å². The number of thioether (sulfide) groups is 1. The summed E-state index contributed by atoms with van der Waals surface area (Å²) in [6, 6.07) is 11.4. The van der Waals surface area contributed by atoms with Crippen LogP contribution in [0.5, 0.6) is 0 Å². The van der Waals surface area contributed by atoms with E-state index in [-0.39, 0.29) is 22.2 Å². The highest BCUT2D eigenvalue weighted by Crippen LogP contribution is 2.22. The molecule has 2 rings (SSSR count). The maximum atomic E-state index is 12.0. The fraction of sp³-hybridized carbons (Fsp3) is 0.188. The second-order valence-electron chi connectivity index (χ2n) is 4.86. The molecule has 0 aliphatic heterocycles. The summed E-state index contributed by atoms with van der Waals surface area (Å²) in [7, 11) is 0. The third kappa shape index (κ3) is 5.40.